The number of hydrogen-bond acceptors (Lipinski definition) is 5. The van der Waals surface area contributed by atoms with Crippen molar-refractivity contribution in [2.24, 2.45) is 5.73 Å². The maximum absolute atomic E-state index is 11.4. The second kappa shape index (κ2) is 5.80. The van der Waals surface area contributed by atoms with Gasteiger partial charge in [0.1, 0.15) is 6.04 Å². The van der Waals surface area contributed by atoms with Crippen molar-refractivity contribution in [3.05, 3.63) is 30.4 Å². The average Bonchev–Trinajstić information content (AvgIpc) is 2.77. The summed E-state index contributed by atoms with van der Waals surface area (Å²) in [4.78, 5) is 33.5. The van der Waals surface area contributed by atoms with Crippen LogP contribution in [0, 0.1) is 0 Å². The van der Waals surface area contributed by atoms with Gasteiger partial charge in [0.2, 0.25) is 0 Å². The fraction of sp³-hybridized carbons (Fsp3) is 0.300. The van der Waals surface area contributed by atoms with Crippen LogP contribution in [0.1, 0.15) is 12.6 Å². The standard InChI is InChI=1S/C10H14N4O3/c1-6(2)9(15)14-17-10(16)8(11)3-7-4-12-5-13-7/h4-5,8H,1,3,11H2,2H3,(H,12,13)(H,14,15)/t8-/m0/s1. The predicted molar refractivity (Wildman–Crippen MR) is 59.3 cm³/mol. The first-order valence-corrected chi connectivity index (χ1v) is 4.90. The number of H-pyrrole nitrogens is 1. The summed E-state index contributed by atoms with van der Waals surface area (Å²) >= 11 is 0. The number of aromatic amines is 1. The van der Waals surface area contributed by atoms with Gasteiger partial charge >= 0.3 is 5.97 Å². The summed E-state index contributed by atoms with van der Waals surface area (Å²) in [5.41, 5.74) is 8.47. The molecule has 0 spiro atoms. The highest BCUT2D eigenvalue weighted by Crippen LogP contribution is 1.97. The minimum atomic E-state index is -0.874. The number of hydroxylamine groups is 1. The van der Waals surface area contributed by atoms with Gasteiger partial charge in [0, 0.05) is 23.9 Å². The van der Waals surface area contributed by atoms with E-state index < -0.39 is 17.9 Å². The number of nitrogens with zero attached hydrogens (tertiary/aromatic N) is 1. The van der Waals surface area contributed by atoms with Crippen molar-refractivity contribution in [2.45, 2.75) is 19.4 Å². The Labute approximate surface area is 98.0 Å². The zero-order valence-electron chi connectivity index (χ0n) is 9.40. The Kier molecular flexibility index (Phi) is 4.41. The van der Waals surface area contributed by atoms with E-state index in [9.17, 15) is 9.59 Å². The summed E-state index contributed by atoms with van der Waals surface area (Å²) in [6.45, 7) is 4.88. The van der Waals surface area contributed by atoms with Gasteiger partial charge in [0.15, 0.2) is 0 Å². The van der Waals surface area contributed by atoms with Crippen molar-refractivity contribution in [2.75, 3.05) is 0 Å². The second-order valence-electron chi connectivity index (χ2n) is 3.52. The van der Waals surface area contributed by atoms with Crippen LogP contribution in [0.2, 0.25) is 0 Å². The van der Waals surface area contributed by atoms with Crippen LogP contribution in [0.15, 0.2) is 24.7 Å². The van der Waals surface area contributed by atoms with Crippen LogP contribution in [0.25, 0.3) is 0 Å². The van der Waals surface area contributed by atoms with E-state index in [1.165, 1.54) is 13.3 Å². The summed E-state index contributed by atoms with van der Waals surface area (Å²) in [5, 5.41) is 0. The molecule has 0 radical (unpaired) electrons. The van der Waals surface area contributed by atoms with Crippen LogP contribution >= 0.6 is 0 Å². The molecule has 0 bridgehead atoms. The topological polar surface area (TPSA) is 110 Å². The third-order valence-electron chi connectivity index (χ3n) is 1.93. The zero-order valence-corrected chi connectivity index (χ0v) is 9.40. The molecule has 0 aliphatic heterocycles. The molecule has 1 rings (SSSR count). The molecule has 0 unspecified atom stereocenters. The molecule has 0 aromatic carbocycles. The Hall–Kier alpha value is -2.15. The molecule has 7 nitrogen and oxygen atoms in total. The molecule has 0 aliphatic carbocycles. The lowest BCUT2D eigenvalue weighted by atomic mass is 10.2. The van der Waals surface area contributed by atoms with Gasteiger partial charge < -0.3 is 15.6 Å². The monoisotopic (exact) mass is 238 g/mol. The average molecular weight is 238 g/mol. The van der Waals surface area contributed by atoms with E-state index in [1.54, 1.807) is 6.20 Å². The maximum atomic E-state index is 11.4. The van der Waals surface area contributed by atoms with Crippen molar-refractivity contribution in [3.63, 3.8) is 0 Å². The fourth-order valence-electron chi connectivity index (χ4n) is 0.976. The Morgan fingerprint density at radius 1 is 1.71 bits per heavy atom. The van der Waals surface area contributed by atoms with Crippen molar-refractivity contribution >= 4 is 11.9 Å². The van der Waals surface area contributed by atoms with Crippen molar-refractivity contribution in [3.8, 4) is 0 Å². The molecule has 0 saturated carbocycles. The molecule has 17 heavy (non-hydrogen) atoms. The van der Waals surface area contributed by atoms with Gasteiger partial charge in [-0.05, 0) is 6.92 Å². The molecule has 1 aromatic rings. The van der Waals surface area contributed by atoms with Gasteiger partial charge in [-0.25, -0.2) is 9.78 Å². The Morgan fingerprint density at radius 3 is 2.94 bits per heavy atom. The molecule has 1 atom stereocenters. The van der Waals surface area contributed by atoms with E-state index >= 15 is 0 Å². The number of nitrogens with two attached hydrogens (primary N) is 1. The smallest absolute Gasteiger partial charge is 0.348 e. The predicted octanol–water partition coefficient (Wildman–Crippen LogP) is -0.570. The molecule has 4 N–H and O–H groups in total. The molecule has 92 valence electrons. The zero-order chi connectivity index (χ0) is 12.8. The Balaban J connectivity index is 2.37. The number of imidazole rings is 1. The highest BCUT2D eigenvalue weighted by molar-refractivity contribution is 5.92. The van der Waals surface area contributed by atoms with Crippen LogP contribution < -0.4 is 11.2 Å². The molecule has 0 saturated heterocycles. The second-order valence-corrected chi connectivity index (χ2v) is 3.52. The van der Waals surface area contributed by atoms with Gasteiger partial charge in [0.05, 0.1) is 6.33 Å². The number of amides is 1. The minimum Gasteiger partial charge on any atom is -0.348 e. The molecule has 0 fully saturated rings. The number of carbonyl (C=O) groups is 2. The van der Waals surface area contributed by atoms with Crippen LogP contribution in [0.3, 0.4) is 0 Å². The Bertz CT molecular complexity index is 413. The largest absolute Gasteiger partial charge is 0.349 e. The van der Waals surface area contributed by atoms with Crippen LogP contribution in [-0.2, 0) is 20.8 Å². The van der Waals surface area contributed by atoms with Crippen LogP contribution in [0.4, 0.5) is 0 Å². The molecular formula is C10H14N4O3. The van der Waals surface area contributed by atoms with Gasteiger partial charge in [-0.15, -0.1) is 0 Å². The van der Waals surface area contributed by atoms with Crippen molar-refractivity contribution in [1.82, 2.24) is 15.4 Å². The Morgan fingerprint density at radius 2 is 2.41 bits per heavy atom. The number of aromatic nitrogens is 2. The number of nitrogens with one attached hydrogen (secondary N) is 2. The lowest BCUT2D eigenvalue weighted by molar-refractivity contribution is -0.158. The van der Waals surface area contributed by atoms with E-state index in [4.69, 9.17) is 5.73 Å². The number of rotatable bonds is 4. The molecule has 0 aliphatic rings. The summed E-state index contributed by atoms with van der Waals surface area (Å²) < 4.78 is 0. The summed E-state index contributed by atoms with van der Waals surface area (Å²) in [5.74, 6) is -1.29. The van der Waals surface area contributed by atoms with E-state index in [2.05, 4.69) is 21.4 Å². The number of carbonyl (C=O) groups excluding carboxylic acids is 2. The summed E-state index contributed by atoms with van der Waals surface area (Å²) in [6, 6.07) is -0.874. The fourth-order valence-corrected chi connectivity index (χ4v) is 0.976. The van der Waals surface area contributed by atoms with Crippen molar-refractivity contribution in [1.29, 1.82) is 0 Å². The third-order valence-corrected chi connectivity index (χ3v) is 1.93. The summed E-state index contributed by atoms with van der Waals surface area (Å²) in [7, 11) is 0. The third kappa shape index (κ3) is 4.07. The van der Waals surface area contributed by atoms with Crippen LogP contribution in [0.5, 0.6) is 0 Å². The lowest BCUT2D eigenvalue weighted by Crippen LogP contribution is -2.39. The first kappa shape index (κ1) is 12.9. The van der Waals surface area contributed by atoms with E-state index in [1.807, 2.05) is 5.48 Å². The first-order valence-electron chi connectivity index (χ1n) is 4.90. The quantitative estimate of drug-likeness (QED) is 0.480. The molecule has 1 aromatic heterocycles. The molecular weight excluding hydrogens is 224 g/mol. The molecule has 7 heteroatoms. The lowest BCUT2D eigenvalue weighted by Gasteiger charge is -2.10. The minimum absolute atomic E-state index is 0.236. The van der Waals surface area contributed by atoms with E-state index in [-0.39, 0.29) is 12.0 Å². The highest BCUT2D eigenvalue weighted by Gasteiger charge is 2.17. The van der Waals surface area contributed by atoms with E-state index in [0.29, 0.717) is 5.69 Å². The summed E-state index contributed by atoms with van der Waals surface area (Å²) in [6.07, 6.45) is 3.29. The normalized spacial score (nSPS) is 11.6. The number of hydrogen-bond donors (Lipinski definition) is 3. The van der Waals surface area contributed by atoms with Gasteiger partial charge in [-0.1, -0.05) is 6.58 Å². The van der Waals surface area contributed by atoms with Gasteiger partial charge in [-0.3, -0.25) is 4.79 Å². The maximum Gasteiger partial charge on any atom is 0.349 e. The van der Waals surface area contributed by atoms with Crippen LogP contribution in [-0.4, -0.2) is 27.9 Å². The highest BCUT2D eigenvalue weighted by atomic mass is 16.7. The van der Waals surface area contributed by atoms with Crippen molar-refractivity contribution < 1.29 is 14.4 Å². The SMILES string of the molecule is C=C(C)C(=O)NOC(=O)[C@@H](N)Cc1cnc[nH]1. The molecule has 1 heterocycles. The van der Waals surface area contributed by atoms with Gasteiger partial charge in [0.25, 0.3) is 5.91 Å². The van der Waals surface area contributed by atoms with E-state index in [0.717, 1.165) is 0 Å². The van der Waals surface area contributed by atoms with Gasteiger partial charge in [-0.2, -0.15) is 5.48 Å². The molecule has 1 amide bonds. The first-order chi connectivity index (χ1) is 8.00.